The highest BCUT2D eigenvalue weighted by atomic mass is 19.4. The third kappa shape index (κ3) is 4.42. The van der Waals surface area contributed by atoms with Gasteiger partial charge in [0.15, 0.2) is 6.61 Å². The number of esters is 1. The normalized spacial score (nSPS) is 32.8. The first kappa shape index (κ1) is 20.2. The van der Waals surface area contributed by atoms with Crippen LogP contribution in [0.3, 0.4) is 0 Å². The minimum absolute atomic E-state index is 0.0100. The van der Waals surface area contributed by atoms with Gasteiger partial charge in [-0.1, -0.05) is 6.07 Å². The van der Waals surface area contributed by atoms with Gasteiger partial charge in [-0.2, -0.15) is 13.2 Å². The van der Waals surface area contributed by atoms with E-state index in [0.717, 1.165) is 44.2 Å². The van der Waals surface area contributed by atoms with Gasteiger partial charge in [0.25, 0.3) is 5.91 Å². The van der Waals surface area contributed by atoms with Gasteiger partial charge in [0.1, 0.15) is 0 Å². The van der Waals surface area contributed by atoms with Gasteiger partial charge in [0, 0.05) is 5.69 Å². The van der Waals surface area contributed by atoms with Gasteiger partial charge in [0.05, 0.1) is 17.6 Å². The highest BCUT2D eigenvalue weighted by molar-refractivity contribution is 5.92. The molecule has 4 fully saturated rings. The van der Waals surface area contributed by atoms with Crippen molar-refractivity contribution in [1.82, 2.24) is 0 Å². The van der Waals surface area contributed by atoms with E-state index in [0.29, 0.717) is 18.3 Å². The van der Waals surface area contributed by atoms with Crippen molar-refractivity contribution in [3.8, 4) is 0 Å². The molecule has 0 spiro atoms. The number of rotatable bonds is 5. The standard InChI is InChI=1S/C21H24F3NO4/c22-21(23,24)15-2-1-3-16(5-15)25-17(26)11-29-18(27)10-19-6-13-4-14(7-19)9-20(28,8-13)12-19/h1-3,5,13-14,28H,4,6-12H2,(H,25,26)/t13-,14+,19?,20?. The molecule has 0 aliphatic heterocycles. The first-order chi connectivity index (χ1) is 13.5. The number of ether oxygens (including phenoxy) is 1. The number of hydrogen-bond donors (Lipinski definition) is 2. The number of alkyl halides is 3. The molecule has 158 valence electrons. The average Bonchev–Trinajstić information content (AvgIpc) is 2.57. The van der Waals surface area contributed by atoms with Gasteiger partial charge in [-0.15, -0.1) is 0 Å². The van der Waals surface area contributed by atoms with Crippen molar-refractivity contribution in [2.45, 2.75) is 56.7 Å². The third-order valence-corrected chi connectivity index (χ3v) is 6.51. The zero-order chi connectivity index (χ0) is 20.9. The van der Waals surface area contributed by atoms with Crippen LogP contribution in [0, 0.1) is 17.3 Å². The van der Waals surface area contributed by atoms with Crippen LogP contribution in [0.25, 0.3) is 0 Å². The molecule has 4 saturated carbocycles. The summed E-state index contributed by atoms with van der Waals surface area (Å²) in [5.74, 6) is -0.312. The Morgan fingerprint density at radius 3 is 2.48 bits per heavy atom. The Balaban J connectivity index is 1.30. The van der Waals surface area contributed by atoms with Gasteiger partial charge in [-0.3, -0.25) is 9.59 Å². The van der Waals surface area contributed by atoms with Crippen molar-refractivity contribution < 1.29 is 32.6 Å². The fourth-order valence-electron chi connectivity index (χ4n) is 6.08. The molecule has 0 aromatic heterocycles. The fourth-order valence-corrected chi connectivity index (χ4v) is 6.08. The van der Waals surface area contributed by atoms with Crippen molar-refractivity contribution in [1.29, 1.82) is 0 Å². The van der Waals surface area contributed by atoms with Crippen LogP contribution in [-0.2, 0) is 20.5 Å². The summed E-state index contributed by atoms with van der Waals surface area (Å²) < 4.78 is 43.3. The van der Waals surface area contributed by atoms with E-state index >= 15 is 0 Å². The van der Waals surface area contributed by atoms with Crippen LogP contribution in [0.5, 0.6) is 0 Å². The monoisotopic (exact) mass is 411 g/mol. The van der Waals surface area contributed by atoms with Crippen LogP contribution >= 0.6 is 0 Å². The Kier molecular flexibility index (Phi) is 4.88. The molecule has 4 atom stereocenters. The maximum atomic E-state index is 12.7. The minimum Gasteiger partial charge on any atom is -0.456 e. The van der Waals surface area contributed by atoms with Gasteiger partial charge in [-0.25, -0.2) is 0 Å². The van der Waals surface area contributed by atoms with Crippen molar-refractivity contribution in [2.75, 3.05) is 11.9 Å². The largest absolute Gasteiger partial charge is 0.456 e. The molecule has 4 aliphatic rings. The second-order valence-corrected chi connectivity index (χ2v) is 9.15. The quantitative estimate of drug-likeness (QED) is 0.721. The van der Waals surface area contributed by atoms with Crippen molar-refractivity contribution in [2.24, 2.45) is 17.3 Å². The van der Waals surface area contributed by atoms with E-state index in [1.807, 2.05) is 0 Å². The summed E-state index contributed by atoms with van der Waals surface area (Å²) in [7, 11) is 0. The number of aliphatic hydroxyl groups is 1. The topological polar surface area (TPSA) is 75.6 Å². The lowest BCUT2D eigenvalue weighted by Gasteiger charge is -2.60. The molecule has 1 amide bonds. The number of hydrogen-bond acceptors (Lipinski definition) is 4. The lowest BCUT2D eigenvalue weighted by atomic mass is 9.47. The molecule has 0 radical (unpaired) electrons. The molecule has 2 unspecified atom stereocenters. The predicted molar refractivity (Wildman–Crippen MR) is 97.7 cm³/mol. The molecular formula is C21H24F3NO4. The fraction of sp³-hybridized carbons (Fsp3) is 0.619. The Labute approximate surface area is 166 Å². The van der Waals surface area contributed by atoms with E-state index in [-0.39, 0.29) is 17.5 Å². The van der Waals surface area contributed by atoms with Gasteiger partial charge < -0.3 is 15.2 Å². The van der Waals surface area contributed by atoms with E-state index in [9.17, 15) is 27.9 Å². The van der Waals surface area contributed by atoms with Crippen LogP contribution in [0.1, 0.15) is 50.5 Å². The number of carbonyl (C=O) groups excluding carboxylic acids is 2. The molecule has 0 saturated heterocycles. The summed E-state index contributed by atoms with van der Waals surface area (Å²) >= 11 is 0. The second-order valence-electron chi connectivity index (χ2n) is 9.15. The molecule has 2 N–H and O–H groups in total. The SMILES string of the molecule is O=C(COC(=O)CC12C[C@@H]3C[C@@H](CC(O)(C3)C1)C2)Nc1cccc(C(F)(F)F)c1. The first-order valence-electron chi connectivity index (χ1n) is 9.89. The zero-order valence-electron chi connectivity index (χ0n) is 15.9. The van der Waals surface area contributed by atoms with Crippen molar-refractivity contribution in [3.05, 3.63) is 29.8 Å². The first-order valence-corrected chi connectivity index (χ1v) is 9.89. The predicted octanol–water partition coefficient (Wildman–Crippen LogP) is 3.91. The molecule has 1 aromatic carbocycles. The van der Waals surface area contributed by atoms with E-state index < -0.39 is 35.8 Å². The summed E-state index contributed by atoms with van der Waals surface area (Å²) in [4.78, 5) is 24.3. The summed E-state index contributed by atoms with van der Waals surface area (Å²) in [5.41, 5.74) is -1.81. The number of benzene rings is 1. The van der Waals surface area contributed by atoms with E-state index in [2.05, 4.69) is 5.32 Å². The van der Waals surface area contributed by atoms with E-state index in [1.54, 1.807) is 0 Å². The number of halogens is 3. The lowest BCUT2D eigenvalue weighted by Crippen LogP contribution is -2.56. The van der Waals surface area contributed by atoms with Crippen LogP contribution < -0.4 is 5.32 Å². The highest BCUT2D eigenvalue weighted by Gasteiger charge is 2.57. The van der Waals surface area contributed by atoms with Gasteiger partial charge in [0.2, 0.25) is 0 Å². The molecule has 8 heteroatoms. The molecule has 0 heterocycles. The van der Waals surface area contributed by atoms with Crippen LogP contribution in [-0.4, -0.2) is 29.2 Å². The van der Waals surface area contributed by atoms with Gasteiger partial charge in [-0.05, 0) is 74.0 Å². The summed E-state index contributed by atoms with van der Waals surface area (Å²) in [6, 6.07) is 4.28. The Bertz CT molecular complexity index is 808. The number of nitrogens with one attached hydrogen (secondary N) is 1. The number of amides is 1. The lowest BCUT2D eigenvalue weighted by molar-refractivity contribution is -0.177. The smallest absolute Gasteiger partial charge is 0.416 e. The van der Waals surface area contributed by atoms with Crippen LogP contribution in [0.2, 0.25) is 0 Å². The Morgan fingerprint density at radius 1 is 1.17 bits per heavy atom. The minimum atomic E-state index is -4.50. The third-order valence-electron chi connectivity index (χ3n) is 6.51. The van der Waals surface area contributed by atoms with Crippen LogP contribution in [0.15, 0.2) is 24.3 Å². The molecule has 4 bridgehead atoms. The molecule has 1 aromatic rings. The average molecular weight is 411 g/mol. The maximum Gasteiger partial charge on any atom is 0.416 e. The summed E-state index contributed by atoms with van der Waals surface area (Å²) in [5, 5.41) is 13.1. The zero-order valence-corrected chi connectivity index (χ0v) is 15.9. The molecule has 29 heavy (non-hydrogen) atoms. The Hall–Kier alpha value is -2.09. The van der Waals surface area contributed by atoms with Gasteiger partial charge >= 0.3 is 12.1 Å². The van der Waals surface area contributed by atoms with Crippen LogP contribution in [0.4, 0.5) is 18.9 Å². The van der Waals surface area contributed by atoms with E-state index in [1.165, 1.54) is 12.1 Å². The summed E-state index contributed by atoms with van der Waals surface area (Å²) in [6.07, 6.45) is 0.777. The van der Waals surface area contributed by atoms with Crippen molar-refractivity contribution >= 4 is 17.6 Å². The molecular weight excluding hydrogens is 387 g/mol. The maximum absolute atomic E-state index is 12.7. The van der Waals surface area contributed by atoms with E-state index in [4.69, 9.17) is 4.74 Å². The molecule has 4 aliphatic carbocycles. The van der Waals surface area contributed by atoms with Crippen molar-refractivity contribution in [3.63, 3.8) is 0 Å². The molecule has 5 rings (SSSR count). The number of carbonyl (C=O) groups is 2. The Morgan fingerprint density at radius 2 is 1.86 bits per heavy atom. The number of anilines is 1. The second kappa shape index (κ2) is 7.00. The highest BCUT2D eigenvalue weighted by Crippen LogP contribution is 2.62. The summed E-state index contributed by atoms with van der Waals surface area (Å²) in [6.45, 7) is -0.553. The molecule has 5 nitrogen and oxygen atoms in total.